The molecule has 1 amide bonds. The Morgan fingerprint density at radius 1 is 1.03 bits per heavy atom. The van der Waals surface area contributed by atoms with Gasteiger partial charge in [-0.2, -0.15) is 0 Å². The van der Waals surface area contributed by atoms with Gasteiger partial charge >= 0.3 is 0 Å². The molecule has 0 unspecified atom stereocenters. The van der Waals surface area contributed by atoms with Crippen LogP contribution in [0.3, 0.4) is 0 Å². The van der Waals surface area contributed by atoms with Crippen molar-refractivity contribution in [3.63, 3.8) is 0 Å². The Bertz CT molecular complexity index is 947. The van der Waals surface area contributed by atoms with Crippen LogP contribution in [0.15, 0.2) is 41.4 Å². The summed E-state index contributed by atoms with van der Waals surface area (Å²) in [7, 11) is 0. The summed E-state index contributed by atoms with van der Waals surface area (Å²) in [6.07, 6.45) is 2.24. The fraction of sp³-hybridized carbons (Fsp3) is 0.333. The summed E-state index contributed by atoms with van der Waals surface area (Å²) in [5, 5.41) is 15.3. The SMILES string of the molecule is O=C(NC(=NCc1ccc(Cl)c(F)c1)NC1CCC(O)CC1)c1ccc(F)c(F)c1. The smallest absolute Gasteiger partial charge is 0.258 e. The number of carbonyl (C=O) groups excluding carboxylic acids is 1. The average Bonchev–Trinajstić information content (AvgIpc) is 2.72. The number of aliphatic imine (C=N–C) groups is 1. The largest absolute Gasteiger partial charge is 0.393 e. The molecule has 0 aliphatic heterocycles. The minimum atomic E-state index is -1.13. The lowest BCUT2D eigenvalue weighted by Crippen LogP contribution is -2.47. The number of nitrogens with one attached hydrogen (secondary N) is 2. The van der Waals surface area contributed by atoms with Crippen molar-refractivity contribution in [1.29, 1.82) is 0 Å². The number of halogens is 4. The second kappa shape index (κ2) is 9.95. The molecule has 160 valence electrons. The minimum absolute atomic E-state index is 0.00604. The summed E-state index contributed by atoms with van der Waals surface area (Å²) in [5.74, 6) is -3.30. The molecule has 0 bridgehead atoms. The number of benzene rings is 2. The van der Waals surface area contributed by atoms with Crippen LogP contribution in [0.2, 0.25) is 5.02 Å². The van der Waals surface area contributed by atoms with Gasteiger partial charge in [-0.15, -0.1) is 0 Å². The molecule has 3 N–H and O–H groups in total. The molecule has 0 saturated heterocycles. The van der Waals surface area contributed by atoms with Crippen molar-refractivity contribution in [3.8, 4) is 0 Å². The first-order valence-electron chi connectivity index (χ1n) is 9.51. The van der Waals surface area contributed by atoms with Crippen LogP contribution in [0, 0.1) is 17.5 Å². The molecule has 0 atom stereocenters. The lowest BCUT2D eigenvalue weighted by Gasteiger charge is -2.27. The van der Waals surface area contributed by atoms with Crippen LogP contribution in [0.25, 0.3) is 0 Å². The third-order valence-electron chi connectivity index (χ3n) is 4.86. The van der Waals surface area contributed by atoms with E-state index in [9.17, 15) is 23.1 Å². The molecular formula is C21H21ClF3N3O2. The number of rotatable bonds is 4. The van der Waals surface area contributed by atoms with Crippen molar-refractivity contribution in [3.05, 3.63) is 70.0 Å². The number of guanidine groups is 1. The Balaban J connectivity index is 1.76. The summed E-state index contributed by atoms with van der Waals surface area (Å²) in [6.45, 7) is 0.0594. The Labute approximate surface area is 177 Å². The summed E-state index contributed by atoms with van der Waals surface area (Å²) >= 11 is 5.69. The zero-order chi connectivity index (χ0) is 21.7. The number of hydrogen-bond acceptors (Lipinski definition) is 3. The fourth-order valence-electron chi connectivity index (χ4n) is 3.16. The monoisotopic (exact) mass is 439 g/mol. The topological polar surface area (TPSA) is 73.7 Å². The first-order valence-corrected chi connectivity index (χ1v) is 9.89. The fourth-order valence-corrected chi connectivity index (χ4v) is 3.28. The van der Waals surface area contributed by atoms with E-state index in [-0.39, 0.29) is 35.2 Å². The van der Waals surface area contributed by atoms with Gasteiger partial charge in [0.25, 0.3) is 5.91 Å². The van der Waals surface area contributed by atoms with Gasteiger partial charge in [0.05, 0.1) is 17.7 Å². The van der Waals surface area contributed by atoms with Gasteiger partial charge in [0, 0.05) is 11.6 Å². The summed E-state index contributed by atoms with van der Waals surface area (Å²) < 4.78 is 40.2. The predicted octanol–water partition coefficient (Wildman–Crippen LogP) is 3.94. The highest BCUT2D eigenvalue weighted by molar-refractivity contribution is 6.30. The Morgan fingerprint density at radius 3 is 2.43 bits per heavy atom. The number of amides is 1. The highest BCUT2D eigenvalue weighted by Gasteiger charge is 2.21. The van der Waals surface area contributed by atoms with Crippen molar-refractivity contribution >= 4 is 23.5 Å². The zero-order valence-electron chi connectivity index (χ0n) is 16.0. The van der Waals surface area contributed by atoms with Crippen molar-refractivity contribution in [2.45, 2.75) is 44.4 Å². The van der Waals surface area contributed by atoms with E-state index in [0.717, 1.165) is 18.2 Å². The molecule has 1 aliphatic carbocycles. The van der Waals surface area contributed by atoms with Gasteiger partial charge in [0.1, 0.15) is 5.82 Å². The van der Waals surface area contributed by atoms with E-state index >= 15 is 0 Å². The van der Waals surface area contributed by atoms with Crippen molar-refractivity contribution in [2.75, 3.05) is 0 Å². The normalized spacial score (nSPS) is 19.4. The van der Waals surface area contributed by atoms with Gasteiger partial charge in [0.2, 0.25) is 0 Å². The molecule has 30 heavy (non-hydrogen) atoms. The van der Waals surface area contributed by atoms with Gasteiger partial charge in [-0.05, 0) is 61.6 Å². The molecule has 2 aromatic carbocycles. The first-order chi connectivity index (χ1) is 14.3. The molecule has 0 heterocycles. The molecule has 9 heteroatoms. The number of hydrogen-bond donors (Lipinski definition) is 3. The van der Waals surface area contributed by atoms with E-state index in [1.165, 1.54) is 12.1 Å². The molecule has 0 aromatic heterocycles. The van der Waals surface area contributed by atoms with Gasteiger partial charge < -0.3 is 10.4 Å². The molecule has 5 nitrogen and oxygen atoms in total. The minimum Gasteiger partial charge on any atom is -0.393 e. The van der Waals surface area contributed by atoms with E-state index in [0.29, 0.717) is 31.2 Å². The predicted molar refractivity (Wildman–Crippen MR) is 108 cm³/mol. The van der Waals surface area contributed by atoms with E-state index in [4.69, 9.17) is 11.6 Å². The van der Waals surface area contributed by atoms with E-state index in [2.05, 4.69) is 15.6 Å². The third kappa shape index (κ3) is 5.96. The maximum absolute atomic E-state index is 13.7. The van der Waals surface area contributed by atoms with Gasteiger partial charge in [-0.3, -0.25) is 10.1 Å². The standard InChI is InChI=1S/C21H21ClF3N3O2/c22-16-7-1-12(9-18(16)24)11-26-21(27-14-3-5-15(29)6-4-14)28-20(30)13-2-8-17(23)19(25)10-13/h1-2,7-10,14-15,29H,3-6,11H2,(H2,26,27,28,30). The van der Waals surface area contributed by atoms with Gasteiger partial charge in [-0.1, -0.05) is 17.7 Å². The lowest BCUT2D eigenvalue weighted by atomic mass is 9.93. The van der Waals surface area contributed by atoms with Crippen molar-refractivity contribution in [2.24, 2.45) is 4.99 Å². The van der Waals surface area contributed by atoms with Crippen LogP contribution >= 0.6 is 11.6 Å². The number of carbonyl (C=O) groups is 1. The molecule has 2 aromatic rings. The third-order valence-corrected chi connectivity index (χ3v) is 5.16. The second-order valence-corrected chi connectivity index (χ2v) is 7.55. The molecule has 1 saturated carbocycles. The lowest BCUT2D eigenvalue weighted by molar-refractivity contribution is 0.0972. The maximum atomic E-state index is 13.7. The van der Waals surface area contributed by atoms with E-state index in [1.54, 1.807) is 6.07 Å². The van der Waals surface area contributed by atoms with Crippen LogP contribution < -0.4 is 10.6 Å². The highest BCUT2D eigenvalue weighted by Crippen LogP contribution is 2.19. The molecule has 1 fully saturated rings. The number of nitrogens with zero attached hydrogens (tertiary/aromatic N) is 1. The van der Waals surface area contributed by atoms with Crippen LogP contribution in [-0.4, -0.2) is 29.1 Å². The zero-order valence-corrected chi connectivity index (χ0v) is 16.7. The van der Waals surface area contributed by atoms with Crippen LogP contribution in [0.5, 0.6) is 0 Å². The summed E-state index contributed by atoms with van der Waals surface area (Å²) in [6, 6.07) is 7.08. The molecular weight excluding hydrogens is 419 g/mol. The van der Waals surface area contributed by atoms with Gasteiger partial charge in [0.15, 0.2) is 17.6 Å². The van der Waals surface area contributed by atoms with Crippen molar-refractivity contribution < 1.29 is 23.1 Å². The second-order valence-electron chi connectivity index (χ2n) is 7.15. The molecule has 0 radical (unpaired) electrons. The number of aliphatic hydroxyl groups excluding tert-OH is 1. The maximum Gasteiger partial charge on any atom is 0.258 e. The van der Waals surface area contributed by atoms with E-state index in [1.807, 2.05) is 0 Å². The van der Waals surface area contributed by atoms with Crippen molar-refractivity contribution in [1.82, 2.24) is 10.6 Å². The van der Waals surface area contributed by atoms with E-state index < -0.39 is 23.4 Å². The van der Waals surface area contributed by atoms with Gasteiger partial charge in [-0.25, -0.2) is 18.2 Å². The number of aliphatic hydroxyl groups is 1. The summed E-state index contributed by atoms with van der Waals surface area (Å²) in [4.78, 5) is 16.8. The first kappa shape index (κ1) is 22.1. The molecule has 1 aliphatic rings. The summed E-state index contributed by atoms with van der Waals surface area (Å²) in [5.41, 5.74) is 0.470. The highest BCUT2D eigenvalue weighted by atomic mass is 35.5. The molecule has 3 rings (SSSR count). The quantitative estimate of drug-likeness (QED) is 0.499. The Morgan fingerprint density at radius 2 is 1.77 bits per heavy atom. The Kier molecular flexibility index (Phi) is 7.33. The van der Waals surface area contributed by atoms with Crippen LogP contribution in [0.4, 0.5) is 13.2 Å². The van der Waals surface area contributed by atoms with Crippen LogP contribution in [-0.2, 0) is 6.54 Å². The Hall–Kier alpha value is -2.58. The molecule has 0 spiro atoms. The average molecular weight is 440 g/mol. The van der Waals surface area contributed by atoms with Crippen LogP contribution in [0.1, 0.15) is 41.6 Å².